The van der Waals surface area contributed by atoms with Crippen LogP contribution in [-0.4, -0.2) is 29.6 Å². The van der Waals surface area contributed by atoms with Crippen molar-refractivity contribution in [3.63, 3.8) is 0 Å². The van der Waals surface area contributed by atoms with Gasteiger partial charge in [0.15, 0.2) is 11.5 Å². The van der Waals surface area contributed by atoms with Crippen molar-refractivity contribution in [2.45, 2.75) is 0 Å². The highest BCUT2D eigenvalue weighted by molar-refractivity contribution is 7.20. The Hall–Kier alpha value is -3.52. The standard InChI is InChI=1S/C21H17N3O4S/c1-24-21-15(19(23-24)12-4-3-5-14(8-12)26-2)10-18(29-21)20(25)22-13-6-7-16-17(9-13)28-11-27-16/h3-10H,11H2,1-2H3,(H,22,25). The molecule has 0 aliphatic carbocycles. The van der Waals surface area contributed by atoms with Gasteiger partial charge in [-0.2, -0.15) is 5.10 Å². The Labute approximate surface area is 170 Å². The van der Waals surface area contributed by atoms with E-state index in [9.17, 15) is 4.79 Å². The Morgan fingerprint density at radius 1 is 1.17 bits per heavy atom. The number of aryl methyl sites for hydroxylation is 1. The molecule has 4 aromatic rings. The third kappa shape index (κ3) is 3.07. The molecule has 29 heavy (non-hydrogen) atoms. The predicted molar refractivity (Wildman–Crippen MR) is 111 cm³/mol. The molecule has 0 unspecified atom stereocenters. The van der Waals surface area contributed by atoms with Crippen LogP contribution in [0, 0.1) is 0 Å². The second kappa shape index (κ2) is 6.82. The topological polar surface area (TPSA) is 74.6 Å². The van der Waals surface area contributed by atoms with Crippen molar-refractivity contribution in [2.75, 3.05) is 19.2 Å². The summed E-state index contributed by atoms with van der Waals surface area (Å²) < 4.78 is 17.8. The molecule has 1 amide bonds. The largest absolute Gasteiger partial charge is 0.497 e. The second-order valence-corrected chi connectivity index (χ2v) is 7.59. The van der Waals surface area contributed by atoms with E-state index in [1.807, 2.05) is 37.4 Å². The lowest BCUT2D eigenvalue weighted by Gasteiger charge is -2.05. The molecule has 1 aliphatic heterocycles. The maximum atomic E-state index is 12.8. The number of carbonyl (C=O) groups excluding carboxylic acids is 1. The van der Waals surface area contributed by atoms with E-state index < -0.39 is 0 Å². The summed E-state index contributed by atoms with van der Waals surface area (Å²) in [5.74, 6) is 1.89. The molecule has 8 heteroatoms. The van der Waals surface area contributed by atoms with Gasteiger partial charge in [0.2, 0.25) is 6.79 Å². The highest BCUT2D eigenvalue weighted by atomic mass is 32.1. The van der Waals surface area contributed by atoms with Crippen LogP contribution in [0.1, 0.15) is 9.67 Å². The molecule has 146 valence electrons. The molecule has 2 aromatic carbocycles. The highest BCUT2D eigenvalue weighted by Gasteiger charge is 2.19. The number of fused-ring (bicyclic) bond motifs is 2. The number of rotatable bonds is 4. The summed E-state index contributed by atoms with van der Waals surface area (Å²) in [7, 11) is 3.51. The summed E-state index contributed by atoms with van der Waals surface area (Å²) >= 11 is 1.40. The molecule has 1 N–H and O–H groups in total. The zero-order valence-corrected chi connectivity index (χ0v) is 16.6. The van der Waals surface area contributed by atoms with Gasteiger partial charge >= 0.3 is 0 Å². The lowest BCUT2D eigenvalue weighted by Crippen LogP contribution is -2.10. The minimum absolute atomic E-state index is 0.179. The Morgan fingerprint density at radius 3 is 2.90 bits per heavy atom. The van der Waals surface area contributed by atoms with Gasteiger partial charge in [-0.1, -0.05) is 12.1 Å². The van der Waals surface area contributed by atoms with E-state index in [2.05, 4.69) is 10.4 Å². The first-order chi connectivity index (χ1) is 14.1. The molecule has 0 bridgehead atoms. The van der Waals surface area contributed by atoms with Gasteiger partial charge < -0.3 is 19.5 Å². The van der Waals surface area contributed by atoms with Gasteiger partial charge in [-0.15, -0.1) is 11.3 Å². The lowest BCUT2D eigenvalue weighted by atomic mass is 10.1. The van der Waals surface area contributed by atoms with Gasteiger partial charge in [-0.05, 0) is 30.3 Å². The second-order valence-electron chi connectivity index (χ2n) is 6.56. The first kappa shape index (κ1) is 17.6. The molecule has 0 spiro atoms. The number of amides is 1. The van der Waals surface area contributed by atoms with Crippen LogP contribution in [0.3, 0.4) is 0 Å². The zero-order chi connectivity index (χ0) is 20.0. The van der Waals surface area contributed by atoms with Crippen molar-refractivity contribution in [1.82, 2.24) is 9.78 Å². The lowest BCUT2D eigenvalue weighted by molar-refractivity contribution is 0.103. The number of nitrogens with zero attached hydrogens (tertiary/aromatic N) is 2. The number of benzene rings is 2. The number of methoxy groups -OCH3 is 1. The average molecular weight is 407 g/mol. The Bertz CT molecular complexity index is 1240. The SMILES string of the molecule is COc1cccc(-c2nn(C)c3sc(C(=O)Nc4ccc5c(c4)OCO5)cc23)c1. The van der Waals surface area contributed by atoms with Crippen molar-refractivity contribution in [3.05, 3.63) is 53.4 Å². The molecule has 2 aromatic heterocycles. The molecule has 5 rings (SSSR count). The third-order valence-electron chi connectivity index (χ3n) is 4.71. The van der Waals surface area contributed by atoms with Crippen LogP contribution in [0.25, 0.3) is 21.5 Å². The van der Waals surface area contributed by atoms with Gasteiger partial charge in [0.1, 0.15) is 16.3 Å². The van der Waals surface area contributed by atoms with E-state index in [0.717, 1.165) is 27.2 Å². The maximum Gasteiger partial charge on any atom is 0.265 e. The fourth-order valence-electron chi connectivity index (χ4n) is 3.30. The number of hydrogen-bond donors (Lipinski definition) is 1. The van der Waals surface area contributed by atoms with Crippen molar-refractivity contribution in [3.8, 4) is 28.5 Å². The summed E-state index contributed by atoms with van der Waals surface area (Å²) in [5, 5.41) is 8.48. The van der Waals surface area contributed by atoms with Gasteiger partial charge in [-0.25, -0.2) is 0 Å². The summed E-state index contributed by atoms with van der Waals surface area (Å²) in [6.07, 6.45) is 0. The van der Waals surface area contributed by atoms with E-state index in [4.69, 9.17) is 14.2 Å². The molecular formula is C21H17N3O4S. The highest BCUT2D eigenvalue weighted by Crippen LogP contribution is 2.36. The number of carbonyl (C=O) groups is 1. The minimum atomic E-state index is -0.179. The number of nitrogens with one attached hydrogen (secondary N) is 1. The molecular weight excluding hydrogens is 390 g/mol. The quantitative estimate of drug-likeness (QED) is 0.546. The smallest absolute Gasteiger partial charge is 0.265 e. The average Bonchev–Trinajstić information content (AvgIpc) is 3.44. The molecule has 0 radical (unpaired) electrons. The number of aromatic nitrogens is 2. The molecule has 7 nitrogen and oxygen atoms in total. The van der Waals surface area contributed by atoms with Crippen LogP contribution in [0.5, 0.6) is 17.2 Å². The van der Waals surface area contributed by atoms with Crippen LogP contribution in [0.2, 0.25) is 0 Å². The zero-order valence-electron chi connectivity index (χ0n) is 15.8. The van der Waals surface area contributed by atoms with E-state index in [1.165, 1.54) is 11.3 Å². The Balaban J connectivity index is 1.47. The minimum Gasteiger partial charge on any atom is -0.497 e. The molecule has 0 atom stereocenters. The molecule has 0 fully saturated rings. The normalized spacial score (nSPS) is 12.3. The van der Waals surface area contributed by atoms with Crippen LogP contribution < -0.4 is 19.5 Å². The van der Waals surface area contributed by atoms with Crippen molar-refractivity contribution < 1.29 is 19.0 Å². The monoisotopic (exact) mass is 407 g/mol. The van der Waals surface area contributed by atoms with Crippen molar-refractivity contribution >= 4 is 33.1 Å². The van der Waals surface area contributed by atoms with Gasteiger partial charge in [-0.3, -0.25) is 9.48 Å². The third-order valence-corrected chi connectivity index (χ3v) is 5.91. The van der Waals surface area contributed by atoms with Gasteiger partial charge in [0, 0.05) is 29.8 Å². The van der Waals surface area contributed by atoms with E-state index in [-0.39, 0.29) is 12.7 Å². The Kier molecular flexibility index (Phi) is 4.13. The number of ether oxygens (including phenoxy) is 3. The number of anilines is 1. The van der Waals surface area contributed by atoms with E-state index in [1.54, 1.807) is 30.0 Å². The van der Waals surface area contributed by atoms with Crippen LogP contribution >= 0.6 is 11.3 Å². The first-order valence-corrected chi connectivity index (χ1v) is 9.76. The molecule has 3 heterocycles. The van der Waals surface area contributed by atoms with Crippen LogP contribution in [0.15, 0.2) is 48.5 Å². The van der Waals surface area contributed by atoms with Gasteiger partial charge in [0.05, 0.1) is 12.0 Å². The van der Waals surface area contributed by atoms with Gasteiger partial charge in [0.25, 0.3) is 5.91 Å². The maximum absolute atomic E-state index is 12.8. The Morgan fingerprint density at radius 2 is 2.03 bits per heavy atom. The summed E-state index contributed by atoms with van der Waals surface area (Å²) in [6.45, 7) is 0.198. The molecule has 0 saturated carbocycles. The molecule has 0 saturated heterocycles. The predicted octanol–water partition coefficient (Wildman–Crippen LogP) is 4.29. The van der Waals surface area contributed by atoms with E-state index in [0.29, 0.717) is 22.1 Å². The summed E-state index contributed by atoms with van der Waals surface area (Å²) in [5.41, 5.74) is 2.41. The van der Waals surface area contributed by atoms with Crippen LogP contribution in [-0.2, 0) is 7.05 Å². The fraction of sp³-hybridized carbons (Fsp3) is 0.143. The van der Waals surface area contributed by atoms with Crippen molar-refractivity contribution in [1.29, 1.82) is 0 Å². The first-order valence-electron chi connectivity index (χ1n) is 8.94. The van der Waals surface area contributed by atoms with Crippen molar-refractivity contribution in [2.24, 2.45) is 7.05 Å². The molecule has 1 aliphatic rings. The van der Waals surface area contributed by atoms with Crippen LogP contribution in [0.4, 0.5) is 5.69 Å². The summed E-state index contributed by atoms with van der Waals surface area (Å²) in [4.78, 5) is 14.4. The number of thiophene rings is 1. The fourth-order valence-corrected chi connectivity index (χ4v) is 4.27. The van der Waals surface area contributed by atoms with E-state index >= 15 is 0 Å². The summed E-state index contributed by atoms with van der Waals surface area (Å²) in [6, 6.07) is 15.0. The number of hydrogen-bond acceptors (Lipinski definition) is 6.